The summed E-state index contributed by atoms with van der Waals surface area (Å²) in [6, 6.07) is 0. The number of fused-ring (bicyclic) bond motifs is 5. The van der Waals surface area contributed by atoms with Gasteiger partial charge in [-0.3, -0.25) is 9.59 Å². The number of hydrogen-bond donors (Lipinski definition) is 1. The fourth-order valence-electron chi connectivity index (χ4n) is 8.12. The molecule has 1 saturated heterocycles. The van der Waals surface area contributed by atoms with Crippen LogP contribution in [0.15, 0.2) is 11.3 Å². The smallest absolute Gasteiger partial charge is 0.319 e. The number of anilines is 1. The minimum Gasteiger partial charge on any atom is -0.319 e. The van der Waals surface area contributed by atoms with E-state index in [1.807, 2.05) is 11.9 Å². The second kappa shape index (κ2) is 7.77. The van der Waals surface area contributed by atoms with Gasteiger partial charge < -0.3 is 10.2 Å². The number of likely N-dealkylation sites (tertiary alicyclic amines) is 1. The van der Waals surface area contributed by atoms with Gasteiger partial charge in [-0.2, -0.15) is 13.2 Å². The van der Waals surface area contributed by atoms with E-state index >= 15 is 0 Å². The molecule has 34 heavy (non-hydrogen) atoms. The first-order valence-corrected chi connectivity index (χ1v) is 12.9. The van der Waals surface area contributed by atoms with Gasteiger partial charge in [-0.25, -0.2) is 0 Å². The zero-order chi connectivity index (χ0) is 24.6. The van der Waals surface area contributed by atoms with Gasteiger partial charge in [0.2, 0.25) is 22.0 Å². The number of piperidine rings is 1. The monoisotopic (exact) mass is 496 g/mol. The van der Waals surface area contributed by atoms with Crippen molar-refractivity contribution in [2.75, 3.05) is 12.4 Å². The Bertz CT molecular complexity index is 1070. The molecule has 4 aliphatic rings. The number of carbonyl (C=O) groups excluding carboxylic acids is 2. The summed E-state index contributed by atoms with van der Waals surface area (Å²) >= 11 is 0.369. The van der Waals surface area contributed by atoms with Gasteiger partial charge in [0.05, 0.1) is 0 Å². The van der Waals surface area contributed by atoms with E-state index in [1.54, 1.807) is 0 Å². The number of allylic oxidation sites excluding steroid dienone is 2. The first-order valence-electron chi connectivity index (χ1n) is 12.0. The van der Waals surface area contributed by atoms with Gasteiger partial charge in [0.25, 0.3) is 0 Å². The Morgan fingerprint density at radius 2 is 1.88 bits per heavy atom. The van der Waals surface area contributed by atoms with Gasteiger partial charge in [-0.15, -0.1) is 10.2 Å². The van der Waals surface area contributed by atoms with Crippen LogP contribution in [0.25, 0.3) is 0 Å². The molecule has 1 N–H and O–H groups in total. The SMILES string of the molecule is CC1=C2N(C)C(=O)CC[C@]2(C)[C@H]2CC[C@]3(C)[C@@H](C(=O)Nc4nnc(C(F)(F)F)s4)CC[C@H]3[C@@H]2C1. The number of amides is 2. The Morgan fingerprint density at radius 3 is 2.56 bits per heavy atom. The first-order chi connectivity index (χ1) is 15.9. The standard InChI is InChI=1S/C24H31F3N4O2S/c1-12-11-13-14-5-6-16(19(33)28-21-30-29-20(34-21)24(25,26)27)22(14,2)9-7-15(13)23(3)10-8-17(32)31(4)18(12)23/h13-16H,5-11H2,1-4H3,(H,28,30,33)/t13-,14-,15-,16+,22-,23+/m0/s1. The molecule has 2 amide bonds. The quantitative estimate of drug-likeness (QED) is 0.588. The molecular weight excluding hydrogens is 465 g/mol. The summed E-state index contributed by atoms with van der Waals surface area (Å²) < 4.78 is 38.6. The number of aromatic nitrogens is 2. The number of alkyl halides is 3. The van der Waals surface area contributed by atoms with Crippen molar-refractivity contribution < 1.29 is 22.8 Å². The summed E-state index contributed by atoms with van der Waals surface area (Å²) in [6.45, 7) is 6.67. The third kappa shape index (κ3) is 3.42. The molecule has 3 aliphatic carbocycles. The van der Waals surface area contributed by atoms with Gasteiger partial charge in [-0.1, -0.05) is 30.8 Å². The van der Waals surface area contributed by atoms with Gasteiger partial charge in [-0.05, 0) is 68.6 Å². The highest BCUT2D eigenvalue weighted by atomic mass is 32.1. The van der Waals surface area contributed by atoms with Crippen LogP contribution in [-0.2, 0) is 15.8 Å². The third-order valence-electron chi connectivity index (χ3n) is 9.52. The van der Waals surface area contributed by atoms with Gasteiger partial charge in [0.1, 0.15) is 0 Å². The first kappa shape index (κ1) is 23.8. The summed E-state index contributed by atoms with van der Waals surface area (Å²) in [5.74, 6) is 0.980. The molecule has 1 aromatic heterocycles. The van der Waals surface area contributed by atoms with Crippen LogP contribution >= 0.6 is 11.3 Å². The minimum absolute atomic E-state index is 0.0299. The van der Waals surface area contributed by atoms with Crippen molar-refractivity contribution in [1.82, 2.24) is 15.1 Å². The topological polar surface area (TPSA) is 75.2 Å². The van der Waals surface area contributed by atoms with E-state index in [1.165, 1.54) is 11.3 Å². The number of halogens is 3. The Morgan fingerprint density at radius 1 is 1.15 bits per heavy atom. The molecular formula is C24H31F3N4O2S. The van der Waals surface area contributed by atoms with Crippen LogP contribution in [0.4, 0.5) is 18.3 Å². The largest absolute Gasteiger partial charge is 0.445 e. The second-order valence-electron chi connectivity index (χ2n) is 11.2. The Kier molecular flexibility index (Phi) is 5.43. The number of rotatable bonds is 2. The van der Waals surface area contributed by atoms with E-state index < -0.39 is 11.2 Å². The summed E-state index contributed by atoms with van der Waals surface area (Å²) in [6.07, 6.45) is 1.38. The van der Waals surface area contributed by atoms with Crippen LogP contribution < -0.4 is 5.32 Å². The maximum atomic E-state index is 13.2. The summed E-state index contributed by atoms with van der Waals surface area (Å²) in [5.41, 5.74) is 2.26. The van der Waals surface area contributed by atoms with E-state index in [-0.39, 0.29) is 33.7 Å². The number of nitrogens with zero attached hydrogens (tertiary/aromatic N) is 3. The molecule has 0 aromatic carbocycles. The molecule has 10 heteroatoms. The van der Waals surface area contributed by atoms with Crippen LogP contribution in [-0.4, -0.2) is 34.0 Å². The summed E-state index contributed by atoms with van der Waals surface area (Å²) in [5, 5.41) is 8.21. The van der Waals surface area contributed by atoms with Crippen molar-refractivity contribution in [3.05, 3.63) is 16.3 Å². The van der Waals surface area contributed by atoms with Crippen molar-refractivity contribution >= 4 is 28.3 Å². The highest BCUT2D eigenvalue weighted by molar-refractivity contribution is 7.15. The average Bonchev–Trinajstić information content (AvgIpc) is 3.35. The van der Waals surface area contributed by atoms with Gasteiger partial charge in [0, 0.05) is 30.5 Å². The zero-order valence-corrected chi connectivity index (χ0v) is 20.8. The highest BCUT2D eigenvalue weighted by Crippen LogP contribution is 2.67. The molecule has 186 valence electrons. The molecule has 3 fully saturated rings. The summed E-state index contributed by atoms with van der Waals surface area (Å²) in [4.78, 5) is 27.5. The van der Waals surface area contributed by atoms with Crippen LogP contribution in [0.1, 0.15) is 70.7 Å². The van der Waals surface area contributed by atoms with Crippen molar-refractivity contribution in [2.45, 2.75) is 71.9 Å². The maximum absolute atomic E-state index is 13.2. The zero-order valence-electron chi connectivity index (χ0n) is 20.0. The van der Waals surface area contributed by atoms with E-state index in [4.69, 9.17) is 0 Å². The molecule has 0 spiro atoms. The molecule has 6 atom stereocenters. The Hall–Kier alpha value is -1.97. The van der Waals surface area contributed by atoms with Crippen LogP contribution in [0, 0.1) is 34.5 Å². The van der Waals surface area contributed by atoms with Crippen LogP contribution in [0.2, 0.25) is 0 Å². The molecule has 0 unspecified atom stereocenters. The van der Waals surface area contributed by atoms with E-state index in [9.17, 15) is 22.8 Å². The second-order valence-corrected chi connectivity index (χ2v) is 12.1. The predicted octanol–water partition coefficient (Wildman–Crippen LogP) is 5.49. The maximum Gasteiger partial charge on any atom is 0.445 e. The average molecular weight is 497 g/mol. The lowest BCUT2D eigenvalue weighted by Gasteiger charge is -2.59. The molecule has 0 bridgehead atoms. The van der Waals surface area contributed by atoms with E-state index in [2.05, 4.69) is 36.3 Å². The number of hydrogen-bond acceptors (Lipinski definition) is 5. The lowest BCUT2D eigenvalue weighted by molar-refractivity contribution is -0.138. The Labute approximate surface area is 201 Å². The minimum atomic E-state index is -4.57. The summed E-state index contributed by atoms with van der Waals surface area (Å²) in [7, 11) is 1.90. The highest BCUT2D eigenvalue weighted by Gasteiger charge is 2.61. The van der Waals surface area contributed by atoms with Gasteiger partial charge in [0.15, 0.2) is 0 Å². The van der Waals surface area contributed by atoms with Gasteiger partial charge >= 0.3 is 6.18 Å². The number of nitrogens with one attached hydrogen (secondary N) is 1. The van der Waals surface area contributed by atoms with Crippen molar-refractivity contribution in [1.29, 1.82) is 0 Å². The lowest BCUT2D eigenvalue weighted by atomic mass is 9.48. The van der Waals surface area contributed by atoms with Crippen LogP contribution in [0.3, 0.4) is 0 Å². The van der Waals surface area contributed by atoms with Crippen LogP contribution in [0.5, 0.6) is 0 Å². The molecule has 1 aliphatic heterocycles. The molecule has 0 radical (unpaired) electrons. The van der Waals surface area contributed by atoms with Crippen molar-refractivity contribution in [3.63, 3.8) is 0 Å². The third-order valence-corrected chi connectivity index (χ3v) is 10.4. The lowest BCUT2D eigenvalue weighted by Crippen LogP contribution is -2.54. The normalized spacial score (nSPS) is 37.9. The van der Waals surface area contributed by atoms with E-state index in [0.717, 1.165) is 38.5 Å². The molecule has 5 rings (SSSR count). The molecule has 2 saturated carbocycles. The molecule has 6 nitrogen and oxygen atoms in total. The van der Waals surface area contributed by atoms with E-state index in [0.29, 0.717) is 35.5 Å². The molecule has 2 heterocycles. The fourth-order valence-corrected chi connectivity index (χ4v) is 8.73. The Balaban J connectivity index is 1.38. The van der Waals surface area contributed by atoms with Crippen molar-refractivity contribution in [3.8, 4) is 0 Å². The predicted molar refractivity (Wildman–Crippen MR) is 122 cm³/mol. The number of carbonyl (C=O) groups is 2. The fraction of sp³-hybridized carbons (Fsp3) is 0.750. The van der Waals surface area contributed by atoms with Crippen molar-refractivity contribution in [2.24, 2.45) is 34.5 Å². The molecule has 1 aromatic rings.